The van der Waals surface area contributed by atoms with Gasteiger partial charge in [-0.3, -0.25) is 4.79 Å². The third kappa shape index (κ3) is 4.18. The van der Waals surface area contributed by atoms with Gasteiger partial charge in [-0.15, -0.1) is 0 Å². The quantitative estimate of drug-likeness (QED) is 0.663. The minimum Gasteiger partial charge on any atom is -0.368 e. The van der Waals surface area contributed by atoms with Crippen molar-refractivity contribution < 1.29 is 4.79 Å². The average molecular weight is 267 g/mol. The molecule has 2 rings (SSSR count). The Morgan fingerprint density at radius 1 is 1.32 bits per heavy atom. The number of nitrogens with two attached hydrogens (primary N) is 1. The molecule has 2 aliphatic rings. The molecule has 0 radical (unpaired) electrons. The van der Waals surface area contributed by atoms with E-state index in [0.717, 1.165) is 18.3 Å². The summed E-state index contributed by atoms with van der Waals surface area (Å²) in [7, 11) is 1.82. The summed E-state index contributed by atoms with van der Waals surface area (Å²) < 4.78 is 0. The van der Waals surface area contributed by atoms with Crippen molar-refractivity contribution in [2.45, 2.75) is 57.5 Å². The van der Waals surface area contributed by atoms with E-state index in [9.17, 15) is 4.79 Å². The minimum atomic E-state index is -0.592. The fraction of sp³-hybridized carbons (Fsp3) is 0.933. The van der Waals surface area contributed by atoms with Gasteiger partial charge in [0.25, 0.3) is 0 Å². The second-order valence-corrected chi connectivity index (χ2v) is 6.84. The van der Waals surface area contributed by atoms with Crippen LogP contribution in [0.5, 0.6) is 0 Å². The predicted octanol–water partition coefficient (Wildman–Crippen LogP) is 1.35. The molecule has 0 aliphatic heterocycles. The molecule has 0 spiro atoms. The zero-order chi connectivity index (χ0) is 14.0. The second-order valence-electron chi connectivity index (χ2n) is 6.84. The van der Waals surface area contributed by atoms with Gasteiger partial charge in [0.15, 0.2) is 0 Å². The van der Waals surface area contributed by atoms with Gasteiger partial charge in [-0.05, 0) is 64.8 Å². The Balaban J connectivity index is 1.92. The molecule has 2 aliphatic carbocycles. The van der Waals surface area contributed by atoms with Crippen LogP contribution in [0.15, 0.2) is 0 Å². The number of amides is 1. The maximum atomic E-state index is 11.6. The monoisotopic (exact) mass is 267 g/mol. The van der Waals surface area contributed by atoms with Crippen molar-refractivity contribution in [3.63, 3.8) is 0 Å². The molecular formula is C15H29N3O. The first kappa shape index (κ1) is 14.8. The zero-order valence-electron chi connectivity index (χ0n) is 12.6. The smallest absolute Gasteiger partial charge is 0.237 e. The molecule has 3 N–H and O–H groups in total. The normalized spacial score (nSPS) is 24.2. The van der Waals surface area contributed by atoms with Crippen LogP contribution in [0.1, 0.15) is 46.0 Å². The highest BCUT2D eigenvalue weighted by Crippen LogP contribution is 2.35. The van der Waals surface area contributed by atoms with E-state index in [-0.39, 0.29) is 5.91 Å². The molecule has 110 valence electrons. The maximum Gasteiger partial charge on any atom is 0.237 e. The Bertz CT molecular complexity index is 311. The first-order valence-corrected chi connectivity index (χ1v) is 7.67. The summed E-state index contributed by atoms with van der Waals surface area (Å²) in [6, 6.07) is 0.408. The molecule has 0 aromatic rings. The summed E-state index contributed by atoms with van der Waals surface area (Å²) in [5.41, 5.74) is 4.94. The number of hydrogen-bond acceptors (Lipinski definition) is 3. The molecular weight excluding hydrogens is 238 g/mol. The molecule has 1 amide bonds. The molecule has 0 aromatic heterocycles. The van der Waals surface area contributed by atoms with E-state index in [0.29, 0.717) is 6.04 Å². The molecule has 19 heavy (non-hydrogen) atoms. The van der Waals surface area contributed by atoms with Crippen LogP contribution in [0.3, 0.4) is 0 Å². The standard InChI is InChI=1S/C15H29N3O/c1-11(8-15(2,17-3)14(16)19)18(9-12-4-5-12)10-13-6-7-13/h11-13,17H,4-10H2,1-3H3,(H2,16,19). The van der Waals surface area contributed by atoms with E-state index >= 15 is 0 Å². The first-order chi connectivity index (χ1) is 8.94. The number of hydrogen-bond donors (Lipinski definition) is 2. The summed E-state index contributed by atoms with van der Waals surface area (Å²) in [5, 5.41) is 3.10. The Hall–Kier alpha value is -0.610. The fourth-order valence-electron chi connectivity index (χ4n) is 2.74. The predicted molar refractivity (Wildman–Crippen MR) is 77.8 cm³/mol. The van der Waals surface area contributed by atoms with Crippen molar-refractivity contribution in [2.75, 3.05) is 20.1 Å². The van der Waals surface area contributed by atoms with Crippen LogP contribution in [0.25, 0.3) is 0 Å². The van der Waals surface area contributed by atoms with Gasteiger partial charge in [-0.1, -0.05) is 0 Å². The Kier molecular flexibility index (Phi) is 4.51. The highest BCUT2D eigenvalue weighted by atomic mass is 16.1. The third-order valence-corrected chi connectivity index (χ3v) is 4.80. The molecule has 2 fully saturated rings. The van der Waals surface area contributed by atoms with Crippen molar-refractivity contribution in [3.8, 4) is 0 Å². The molecule has 2 atom stereocenters. The highest BCUT2D eigenvalue weighted by Gasteiger charge is 2.36. The van der Waals surface area contributed by atoms with Gasteiger partial charge in [0, 0.05) is 19.1 Å². The Morgan fingerprint density at radius 3 is 2.11 bits per heavy atom. The van der Waals surface area contributed by atoms with E-state index < -0.39 is 5.54 Å². The van der Waals surface area contributed by atoms with E-state index in [2.05, 4.69) is 17.1 Å². The number of likely N-dealkylation sites (N-methyl/N-ethyl adjacent to an activating group) is 1. The lowest BCUT2D eigenvalue weighted by atomic mass is 9.92. The fourth-order valence-corrected chi connectivity index (χ4v) is 2.74. The summed E-state index contributed by atoms with van der Waals surface area (Å²) in [5.74, 6) is 1.55. The largest absolute Gasteiger partial charge is 0.368 e. The van der Waals surface area contributed by atoms with Crippen LogP contribution in [-0.2, 0) is 4.79 Å². The van der Waals surface area contributed by atoms with Gasteiger partial charge < -0.3 is 16.0 Å². The number of nitrogens with one attached hydrogen (secondary N) is 1. The summed E-state index contributed by atoms with van der Waals surface area (Å²) in [6.45, 7) is 6.56. The van der Waals surface area contributed by atoms with Crippen LogP contribution in [0.2, 0.25) is 0 Å². The van der Waals surface area contributed by atoms with Crippen LogP contribution < -0.4 is 11.1 Å². The van der Waals surface area contributed by atoms with Gasteiger partial charge in [0.05, 0.1) is 5.54 Å². The molecule has 0 saturated heterocycles. The molecule has 0 bridgehead atoms. The average Bonchev–Trinajstić information content (AvgIpc) is 3.22. The molecule has 2 saturated carbocycles. The minimum absolute atomic E-state index is 0.250. The first-order valence-electron chi connectivity index (χ1n) is 7.67. The lowest BCUT2D eigenvalue weighted by Gasteiger charge is -2.35. The summed E-state index contributed by atoms with van der Waals surface area (Å²) >= 11 is 0. The van der Waals surface area contributed by atoms with Crippen molar-refractivity contribution in [1.82, 2.24) is 10.2 Å². The second kappa shape index (κ2) is 5.80. The SMILES string of the molecule is CNC(C)(CC(C)N(CC1CC1)CC1CC1)C(N)=O. The number of primary amides is 1. The van der Waals surface area contributed by atoms with Gasteiger partial charge in [-0.25, -0.2) is 0 Å². The molecule has 2 unspecified atom stereocenters. The Labute approximate surface area is 117 Å². The third-order valence-electron chi connectivity index (χ3n) is 4.80. The van der Waals surface area contributed by atoms with E-state index in [1.54, 1.807) is 0 Å². The lowest BCUT2D eigenvalue weighted by Crippen LogP contribution is -2.55. The van der Waals surface area contributed by atoms with Crippen molar-refractivity contribution in [1.29, 1.82) is 0 Å². The van der Waals surface area contributed by atoms with Gasteiger partial charge in [0.2, 0.25) is 5.91 Å². The van der Waals surface area contributed by atoms with Crippen molar-refractivity contribution in [2.24, 2.45) is 17.6 Å². The van der Waals surface area contributed by atoms with E-state index in [1.165, 1.54) is 38.8 Å². The molecule has 4 heteroatoms. The van der Waals surface area contributed by atoms with Gasteiger partial charge in [0.1, 0.15) is 0 Å². The Morgan fingerprint density at radius 2 is 1.79 bits per heavy atom. The zero-order valence-corrected chi connectivity index (χ0v) is 12.6. The van der Waals surface area contributed by atoms with E-state index in [4.69, 9.17) is 5.73 Å². The van der Waals surface area contributed by atoms with Crippen LogP contribution >= 0.6 is 0 Å². The molecule has 0 heterocycles. The van der Waals surface area contributed by atoms with Crippen molar-refractivity contribution >= 4 is 5.91 Å². The number of rotatable bonds is 9. The summed E-state index contributed by atoms with van der Waals surface area (Å²) in [4.78, 5) is 14.2. The molecule has 0 aromatic carbocycles. The van der Waals surface area contributed by atoms with Crippen LogP contribution in [0.4, 0.5) is 0 Å². The molecule has 4 nitrogen and oxygen atoms in total. The number of carbonyl (C=O) groups is 1. The van der Waals surface area contributed by atoms with Gasteiger partial charge >= 0.3 is 0 Å². The van der Waals surface area contributed by atoms with Gasteiger partial charge in [-0.2, -0.15) is 0 Å². The summed E-state index contributed by atoms with van der Waals surface area (Å²) in [6.07, 6.45) is 6.32. The van der Waals surface area contributed by atoms with Crippen LogP contribution in [0, 0.1) is 11.8 Å². The van der Waals surface area contributed by atoms with E-state index in [1.807, 2.05) is 14.0 Å². The highest BCUT2D eigenvalue weighted by molar-refractivity contribution is 5.84. The number of carbonyl (C=O) groups excluding carboxylic acids is 1. The number of nitrogens with zero attached hydrogens (tertiary/aromatic N) is 1. The van der Waals surface area contributed by atoms with Crippen LogP contribution in [-0.4, -0.2) is 42.5 Å². The van der Waals surface area contributed by atoms with Crippen molar-refractivity contribution in [3.05, 3.63) is 0 Å². The topological polar surface area (TPSA) is 58.4 Å². The lowest BCUT2D eigenvalue weighted by molar-refractivity contribution is -0.124. The maximum absolute atomic E-state index is 11.6.